The molecule has 1 aromatic heterocycles. The second kappa shape index (κ2) is 12.3. The van der Waals surface area contributed by atoms with Crippen LogP contribution in [0.2, 0.25) is 0 Å². The number of carbonyl (C=O) groups excluding carboxylic acids is 3. The van der Waals surface area contributed by atoms with E-state index in [0.29, 0.717) is 29.1 Å². The molecule has 3 rings (SSSR count). The zero-order chi connectivity index (χ0) is 26.2. The number of thioether (sulfide) groups is 1. The van der Waals surface area contributed by atoms with E-state index < -0.39 is 30.1 Å². The van der Waals surface area contributed by atoms with Gasteiger partial charge in [-0.1, -0.05) is 36.4 Å². The first-order valence-electron chi connectivity index (χ1n) is 11.4. The summed E-state index contributed by atoms with van der Waals surface area (Å²) in [6, 6.07) is 15.2. The molecule has 1 heterocycles. The summed E-state index contributed by atoms with van der Waals surface area (Å²) >= 11 is 1.53. The third-order valence-electron chi connectivity index (χ3n) is 5.75. The first kappa shape index (κ1) is 26.8. The Balaban J connectivity index is 1.66. The molecule has 190 valence electrons. The number of para-hydroxylation sites is 1. The molecule has 0 aliphatic rings. The van der Waals surface area contributed by atoms with Crippen LogP contribution in [0.5, 0.6) is 0 Å². The molecule has 0 saturated heterocycles. The van der Waals surface area contributed by atoms with E-state index in [1.807, 2.05) is 43.5 Å². The second-order valence-corrected chi connectivity index (χ2v) is 9.20. The van der Waals surface area contributed by atoms with Crippen LogP contribution in [0.15, 0.2) is 59.4 Å². The predicted molar refractivity (Wildman–Crippen MR) is 141 cm³/mol. The van der Waals surface area contributed by atoms with Crippen LogP contribution in [0.1, 0.15) is 28.0 Å². The number of aromatic nitrogens is 2. The molecule has 36 heavy (non-hydrogen) atoms. The van der Waals surface area contributed by atoms with Crippen molar-refractivity contribution in [1.29, 1.82) is 0 Å². The molecule has 0 bridgehead atoms. The van der Waals surface area contributed by atoms with Crippen molar-refractivity contribution in [1.82, 2.24) is 14.7 Å². The van der Waals surface area contributed by atoms with Gasteiger partial charge in [0.1, 0.15) is 11.7 Å². The van der Waals surface area contributed by atoms with Gasteiger partial charge in [0.15, 0.2) is 6.61 Å². The topological polar surface area (TPSA) is 111 Å². The number of benzene rings is 2. The summed E-state index contributed by atoms with van der Waals surface area (Å²) in [5.41, 5.74) is 2.16. The van der Waals surface area contributed by atoms with E-state index in [2.05, 4.69) is 10.6 Å². The molecule has 2 N–H and O–H groups in total. The minimum atomic E-state index is -0.911. The molecule has 2 amide bonds. The number of anilines is 1. The van der Waals surface area contributed by atoms with Gasteiger partial charge in [0, 0.05) is 12.6 Å². The molecular weight excluding hydrogens is 480 g/mol. The lowest BCUT2D eigenvalue weighted by atomic mass is 10.1. The maximum Gasteiger partial charge on any atom is 0.329 e. The van der Waals surface area contributed by atoms with Crippen LogP contribution in [0.25, 0.3) is 5.69 Å². The molecule has 3 aromatic rings. The molecule has 2 aromatic carbocycles. The normalized spacial score (nSPS) is 11.6. The maximum absolute atomic E-state index is 13.0. The highest BCUT2D eigenvalue weighted by molar-refractivity contribution is 7.98. The number of nitrogens with zero attached hydrogens (tertiary/aromatic N) is 2. The number of hydrogen-bond donors (Lipinski definition) is 2. The van der Waals surface area contributed by atoms with Crippen LogP contribution in [0, 0.1) is 13.8 Å². The Morgan fingerprint density at radius 1 is 1.03 bits per heavy atom. The summed E-state index contributed by atoms with van der Waals surface area (Å²) in [7, 11) is 1.72. The minimum Gasteiger partial charge on any atom is -0.454 e. The van der Waals surface area contributed by atoms with Gasteiger partial charge >= 0.3 is 5.97 Å². The minimum absolute atomic E-state index is 0.106. The van der Waals surface area contributed by atoms with Gasteiger partial charge in [-0.3, -0.25) is 19.1 Å². The highest BCUT2D eigenvalue weighted by Crippen LogP contribution is 2.14. The highest BCUT2D eigenvalue weighted by atomic mass is 32.2. The van der Waals surface area contributed by atoms with Crippen molar-refractivity contribution in [3.63, 3.8) is 0 Å². The van der Waals surface area contributed by atoms with Crippen LogP contribution in [-0.4, -0.2) is 51.8 Å². The molecule has 0 aliphatic carbocycles. The third-order valence-corrected chi connectivity index (χ3v) is 6.40. The van der Waals surface area contributed by atoms with Gasteiger partial charge in [0.05, 0.1) is 11.4 Å². The molecule has 0 radical (unpaired) electrons. The molecule has 9 nitrogen and oxygen atoms in total. The lowest BCUT2D eigenvalue weighted by molar-refractivity contribution is -0.149. The van der Waals surface area contributed by atoms with Gasteiger partial charge in [-0.15, -0.1) is 0 Å². The van der Waals surface area contributed by atoms with E-state index >= 15 is 0 Å². The van der Waals surface area contributed by atoms with Gasteiger partial charge < -0.3 is 15.4 Å². The van der Waals surface area contributed by atoms with Crippen LogP contribution < -0.4 is 16.2 Å². The van der Waals surface area contributed by atoms with Crippen molar-refractivity contribution in [2.75, 3.05) is 23.9 Å². The van der Waals surface area contributed by atoms with E-state index in [-0.39, 0.29) is 11.6 Å². The number of esters is 1. The average Bonchev–Trinajstić information content (AvgIpc) is 3.08. The summed E-state index contributed by atoms with van der Waals surface area (Å²) in [6.45, 7) is 2.93. The van der Waals surface area contributed by atoms with Gasteiger partial charge in [0.2, 0.25) is 0 Å². The summed E-state index contributed by atoms with van der Waals surface area (Å²) in [5, 5.41) is 5.27. The Morgan fingerprint density at radius 2 is 1.69 bits per heavy atom. The number of amides is 2. The smallest absolute Gasteiger partial charge is 0.329 e. The van der Waals surface area contributed by atoms with Crippen LogP contribution in [0.3, 0.4) is 0 Å². The molecule has 1 unspecified atom stereocenters. The molecular formula is C26H30N4O5S. The number of aryl methyl sites for hydroxylation is 1. The Morgan fingerprint density at radius 3 is 2.36 bits per heavy atom. The zero-order valence-electron chi connectivity index (χ0n) is 20.7. The van der Waals surface area contributed by atoms with Crippen molar-refractivity contribution in [2.24, 2.45) is 7.05 Å². The summed E-state index contributed by atoms with van der Waals surface area (Å²) < 4.78 is 8.29. The monoisotopic (exact) mass is 510 g/mol. The SMILES string of the molecule is CSCCC(NC(=O)c1ccccc1C)C(=O)OCC(=O)Nc1c(C)n(C)n(-c2ccccc2)c1=O. The van der Waals surface area contributed by atoms with E-state index in [0.717, 1.165) is 5.56 Å². The van der Waals surface area contributed by atoms with Crippen LogP contribution in [-0.2, 0) is 21.4 Å². The third kappa shape index (κ3) is 6.25. The number of ether oxygens (including phenoxy) is 1. The molecule has 0 fully saturated rings. The molecule has 0 aliphatic heterocycles. The Labute approximate surface area is 213 Å². The van der Waals surface area contributed by atoms with E-state index in [4.69, 9.17) is 4.74 Å². The van der Waals surface area contributed by atoms with Crippen LogP contribution >= 0.6 is 11.8 Å². The molecule has 0 spiro atoms. The van der Waals surface area contributed by atoms with Crippen molar-refractivity contribution in [3.05, 3.63) is 81.8 Å². The molecule has 0 saturated carbocycles. The fourth-order valence-electron chi connectivity index (χ4n) is 3.67. The van der Waals surface area contributed by atoms with E-state index in [9.17, 15) is 19.2 Å². The van der Waals surface area contributed by atoms with E-state index in [1.54, 1.807) is 42.9 Å². The quantitative estimate of drug-likeness (QED) is 0.406. The lowest BCUT2D eigenvalue weighted by Crippen LogP contribution is -2.43. The first-order chi connectivity index (χ1) is 17.2. The summed E-state index contributed by atoms with van der Waals surface area (Å²) in [5.74, 6) is -1.14. The van der Waals surface area contributed by atoms with Crippen molar-refractivity contribution >= 4 is 35.2 Å². The Kier molecular flexibility index (Phi) is 9.13. The molecule has 10 heteroatoms. The fourth-order valence-corrected chi connectivity index (χ4v) is 4.14. The molecule has 1 atom stereocenters. The highest BCUT2D eigenvalue weighted by Gasteiger charge is 2.25. The number of rotatable bonds is 10. The van der Waals surface area contributed by atoms with Gasteiger partial charge in [-0.2, -0.15) is 11.8 Å². The van der Waals surface area contributed by atoms with Crippen molar-refractivity contribution in [2.45, 2.75) is 26.3 Å². The van der Waals surface area contributed by atoms with Gasteiger partial charge in [-0.05, 0) is 56.0 Å². The zero-order valence-corrected chi connectivity index (χ0v) is 21.6. The Hall–Kier alpha value is -3.79. The number of nitrogens with one attached hydrogen (secondary N) is 2. The predicted octanol–water partition coefficient (Wildman–Crippen LogP) is 2.83. The maximum atomic E-state index is 13.0. The largest absolute Gasteiger partial charge is 0.454 e. The van der Waals surface area contributed by atoms with Gasteiger partial charge in [-0.25, -0.2) is 9.48 Å². The number of carbonyl (C=O) groups is 3. The number of hydrogen-bond acceptors (Lipinski definition) is 6. The van der Waals surface area contributed by atoms with Crippen molar-refractivity contribution in [3.8, 4) is 5.69 Å². The summed E-state index contributed by atoms with van der Waals surface area (Å²) in [4.78, 5) is 51.0. The first-order valence-corrected chi connectivity index (χ1v) is 12.8. The Bertz CT molecular complexity index is 1300. The van der Waals surface area contributed by atoms with Crippen LogP contribution in [0.4, 0.5) is 5.69 Å². The summed E-state index contributed by atoms with van der Waals surface area (Å²) in [6.07, 6.45) is 2.24. The average molecular weight is 511 g/mol. The van der Waals surface area contributed by atoms with Crippen molar-refractivity contribution < 1.29 is 19.1 Å². The van der Waals surface area contributed by atoms with E-state index in [1.165, 1.54) is 16.4 Å². The lowest BCUT2D eigenvalue weighted by Gasteiger charge is -2.18. The fraction of sp³-hybridized carbons (Fsp3) is 0.308. The van der Waals surface area contributed by atoms with Gasteiger partial charge in [0.25, 0.3) is 17.4 Å². The standard InChI is InChI=1S/C26H30N4O5S/c1-17-10-8-9-13-20(17)24(32)27-21(14-15-36-4)26(34)35-16-22(31)28-23-18(2)29(3)30(25(23)33)19-11-6-5-7-12-19/h5-13,21H,14-16H2,1-4H3,(H,27,32)(H,28,31). The second-order valence-electron chi connectivity index (χ2n) is 8.21.